The van der Waals surface area contributed by atoms with E-state index in [1.165, 1.54) is 13.2 Å². The molecule has 3 N–H and O–H groups in total. The highest BCUT2D eigenvalue weighted by Crippen LogP contribution is 2.26. The first-order valence-electron chi connectivity index (χ1n) is 11.1. The first-order chi connectivity index (χ1) is 16.6. The minimum Gasteiger partial charge on any atom is -0.490 e. The molecule has 1 fully saturated rings. The lowest BCUT2D eigenvalue weighted by Crippen LogP contribution is -2.43. The predicted molar refractivity (Wildman–Crippen MR) is 125 cm³/mol. The van der Waals surface area contributed by atoms with Crippen LogP contribution in [0.3, 0.4) is 0 Å². The van der Waals surface area contributed by atoms with Crippen LogP contribution in [0.2, 0.25) is 0 Å². The van der Waals surface area contributed by atoms with Crippen molar-refractivity contribution < 1.29 is 18.3 Å². The van der Waals surface area contributed by atoms with Gasteiger partial charge >= 0.3 is 6.01 Å². The zero-order valence-corrected chi connectivity index (χ0v) is 19.1. The van der Waals surface area contributed by atoms with Crippen molar-refractivity contribution in [2.75, 3.05) is 38.8 Å². The highest BCUT2D eigenvalue weighted by Gasteiger charge is 2.22. The minimum absolute atomic E-state index is 0.0955. The number of hydrazine groups is 1. The molecule has 2 aromatic carbocycles. The van der Waals surface area contributed by atoms with Crippen LogP contribution in [0.1, 0.15) is 12.5 Å². The fourth-order valence-corrected chi connectivity index (χ4v) is 3.67. The molecule has 1 unspecified atom stereocenters. The Labute approximate surface area is 197 Å². The summed E-state index contributed by atoms with van der Waals surface area (Å²) in [6.45, 7) is 4.64. The van der Waals surface area contributed by atoms with E-state index in [4.69, 9.17) is 9.47 Å². The van der Waals surface area contributed by atoms with Gasteiger partial charge in [-0.25, -0.2) is 19.2 Å². The van der Waals surface area contributed by atoms with Crippen LogP contribution in [0.5, 0.6) is 11.8 Å². The zero-order valence-electron chi connectivity index (χ0n) is 19.1. The molecule has 0 aliphatic carbocycles. The number of rotatable bonds is 10. The maximum atomic E-state index is 13.4. The van der Waals surface area contributed by atoms with Crippen molar-refractivity contribution in [3.63, 3.8) is 0 Å². The number of ether oxygens (including phenoxy) is 2. The standard InChI is InChI=1S/C24H28F2N6O2/c1-3-32-23(28-15-29-32)14-34-18-6-4-5-17(12-18)21-13-22(31-24(30-21)33-2)27-10-9-16-7-8-19(25)20(26)11-16/h4-8,11-13,23,28-29H,3,9-10,14-15H2,1-2H3,(H,27,30,31). The second-order valence-electron chi connectivity index (χ2n) is 7.73. The lowest BCUT2D eigenvalue weighted by Gasteiger charge is -2.21. The van der Waals surface area contributed by atoms with Crippen molar-refractivity contribution in [3.05, 3.63) is 65.7 Å². The summed E-state index contributed by atoms with van der Waals surface area (Å²) in [5, 5.41) is 8.63. The van der Waals surface area contributed by atoms with Gasteiger partial charge in [0, 0.05) is 24.7 Å². The Kier molecular flexibility index (Phi) is 7.84. The number of nitrogens with zero attached hydrogens (tertiary/aromatic N) is 3. The molecular formula is C24H28F2N6O2. The summed E-state index contributed by atoms with van der Waals surface area (Å²) in [6, 6.07) is 13.6. The molecule has 10 heteroatoms. The van der Waals surface area contributed by atoms with Crippen molar-refractivity contribution in [2.45, 2.75) is 19.5 Å². The number of aromatic nitrogens is 2. The molecule has 0 saturated carbocycles. The smallest absolute Gasteiger partial charge is 0.318 e. The van der Waals surface area contributed by atoms with Gasteiger partial charge in [-0.2, -0.15) is 9.97 Å². The number of methoxy groups -OCH3 is 1. The molecule has 3 aromatic rings. The summed E-state index contributed by atoms with van der Waals surface area (Å²) in [5.74, 6) is -0.414. The lowest BCUT2D eigenvalue weighted by molar-refractivity contribution is 0.133. The van der Waals surface area contributed by atoms with Gasteiger partial charge in [-0.05, 0) is 36.2 Å². The molecule has 0 amide bonds. The fourth-order valence-electron chi connectivity index (χ4n) is 3.67. The predicted octanol–water partition coefficient (Wildman–Crippen LogP) is 3.18. The average molecular weight is 471 g/mol. The van der Waals surface area contributed by atoms with Gasteiger partial charge in [0.25, 0.3) is 0 Å². The van der Waals surface area contributed by atoms with Gasteiger partial charge in [-0.3, -0.25) is 5.32 Å². The Morgan fingerprint density at radius 2 is 2.00 bits per heavy atom. The van der Waals surface area contributed by atoms with Gasteiger partial charge < -0.3 is 14.8 Å². The number of hydrogen-bond donors (Lipinski definition) is 3. The maximum absolute atomic E-state index is 13.4. The number of nitrogens with one attached hydrogen (secondary N) is 3. The summed E-state index contributed by atoms with van der Waals surface area (Å²) in [7, 11) is 1.51. The van der Waals surface area contributed by atoms with Gasteiger partial charge in [0.15, 0.2) is 11.6 Å². The molecule has 1 aromatic heterocycles. The number of hydrogen-bond acceptors (Lipinski definition) is 8. The van der Waals surface area contributed by atoms with Crippen molar-refractivity contribution in [3.8, 4) is 23.0 Å². The highest BCUT2D eigenvalue weighted by atomic mass is 19.2. The van der Waals surface area contributed by atoms with Crippen molar-refractivity contribution in [2.24, 2.45) is 0 Å². The Bertz CT molecular complexity index is 1120. The van der Waals surface area contributed by atoms with Crippen molar-refractivity contribution in [1.29, 1.82) is 0 Å². The Morgan fingerprint density at radius 1 is 1.12 bits per heavy atom. The number of benzene rings is 2. The quantitative estimate of drug-likeness (QED) is 0.417. The molecular weight excluding hydrogens is 442 g/mol. The lowest BCUT2D eigenvalue weighted by atomic mass is 10.1. The third-order valence-electron chi connectivity index (χ3n) is 5.47. The van der Waals surface area contributed by atoms with Crippen LogP contribution in [-0.4, -0.2) is 54.6 Å². The third kappa shape index (κ3) is 5.96. The second-order valence-corrected chi connectivity index (χ2v) is 7.73. The van der Waals surface area contributed by atoms with Crippen LogP contribution in [0, 0.1) is 11.6 Å². The molecule has 1 atom stereocenters. The minimum atomic E-state index is -0.855. The zero-order chi connectivity index (χ0) is 23.9. The number of halogens is 2. The monoisotopic (exact) mass is 470 g/mol. The molecule has 1 aliphatic rings. The van der Waals surface area contributed by atoms with E-state index >= 15 is 0 Å². The normalized spacial score (nSPS) is 15.9. The van der Waals surface area contributed by atoms with E-state index < -0.39 is 11.6 Å². The van der Waals surface area contributed by atoms with Gasteiger partial charge in [-0.15, -0.1) is 0 Å². The molecule has 0 bridgehead atoms. The number of likely N-dealkylation sites (N-methyl/N-ethyl adjacent to an activating group) is 1. The molecule has 0 spiro atoms. The average Bonchev–Trinajstić information content (AvgIpc) is 3.32. The summed E-state index contributed by atoms with van der Waals surface area (Å²) in [5.41, 5.74) is 5.46. The molecule has 34 heavy (non-hydrogen) atoms. The second kappa shape index (κ2) is 11.2. The topological polar surface area (TPSA) is 83.6 Å². The molecule has 0 radical (unpaired) electrons. The highest BCUT2D eigenvalue weighted by molar-refractivity contribution is 5.64. The molecule has 180 valence electrons. The van der Waals surface area contributed by atoms with E-state index in [1.807, 2.05) is 30.3 Å². The maximum Gasteiger partial charge on any atom is 0.318 e. The van der Waals surface area contributed by atoms with Crippen LogP contribution >= 0.6 is 0 Å². The largest absolute Gasteiger partial charge is 0.490 e. The van der Waals surface area contributed by atoms with E-state index in [0.717, 1.165) is 23.9 Å². The van der Waals surface area contributed by atoms with Gasteiger partial charge in [0.05, 0.1) is 19.5 Å². The Balaban J connectivity index is 1.43. The fraction of sp³-hybridized carbons (Fsp3) is 0.333. The Hall–Kier alpha value is -3.34. The van der Waals surface area contributed by atoms with Crippen LogP contribution < -0.4 is 25.5 Å². The van der Waals surface area contributed by atoms with Crippen LogP contribution in [0.25, 0.3) is 11.3 Å². The van der Waals surface area contributed by atoms with Crippen molar-refractivity contribution in [1.82, 2.24) is 25.7 Å². The molecule has 1 aliphatic heterocycles. The Morgan fingerprint density at radius 3 is 2.79 bits per heavy atom. The van der Waals surface area contributed by atoms with Crippen molar-refractivity contribution >= 4 is 5.82 Å². The third-order valence-corrected chi connectivity index (χ3v) is 5.47. The first kappa shape index (κ1) is 23.8. The molecule has 4 rings (SSSR count). The molecule has 8 nitrogen and oxygen atoms in total. The SMILES string of the molecule is CCN1NCNC1COc1cccc(-c2cc(NCCc3ccc(F)c(F)c3)nc(OC)n2)c1. The van der Waals surface area contributed by atoms with Gasteiger partial charge in [0.2, 0.25) is 0 Å². The van der Waals surface area contributed by atoms with E-state index in [0.29, 0.717) is 43.3 Å². The molecule has 1 saturated heterocycles. The first-order valence-corrected chi connectivity index (χ1v) is 11.1. The summed E-state index contributed by atoms with van der Waals surface area (Å²) in [6.07, 6.45) is 0.597. The summed E-state index contributed by atoms with van der Waals surface area (Å²) in [4.78, 5) is 8.80. The van der Waals surface area contributed by atoms with E-state index in [9.17, 15) is 8.78 Å². The number of anilines is 1. The van der Waals surface area contributed by atoms with E-state index in [2.05, 4.69) is 38.0 Å². The van der Waals surface area contributed by atoms with Crippen LogP contribution in [0.4, 0.5) is 14.6 Å². The van der Waals surface area contributed by atoms with E-state index in [-0.39, 0.29) is 12.2 Å². The van der Waals surface area contributed by atoms with Gasteiger partial charge in [0.1, 0.15) is 24.3 Å². The van der Waals surface area contributed by atoms with E-state index in [1.54, 1.807) is 6.07 Å². The van der Waals surface area contributed by atoms with Crippen LogP contribution in [0.15, 0.2) is 48.5 Å². The summed E-state index contributed by atoms with van der Waals surface area (Å²) >= 11 is 0. The van der Waals surface area contributed by atoms with Crippen LogP contribution in [-0.2, 0) is 6.42 Å². The summed E-state index contributed by atoms with van der Waals surface area (Å²) < 4.78 is 37.8. The van der Waals surface area contributed by atoms with Gasteiger partial charge in [-0.1, -0.05) is 25.1 Å². The molecule has 2 heterocycles.